The number of aliphatic carboxylic acids is 1. The number of carboxylic acid groups (broad SMARTS) is 1. The zero-order valence-electron chi connectivity index (χ0n) is 28.5. The van der Waals surface area contributed by atoms with Crippen LogP contribution in [0.1, 0.15) is 72.0 Å². The number of hydrogen-bond acceptors (Lipinski definition) is 10. The number of nitrogens with one attached hydrogen (secondary N) is 1. The molecular formula is C34H54N2O11. The minimum Gasteiger partial charge on any atom is -0.479 e. The van der Waals surface area contributed by atoms with E-state index in [1.54, 1.807) is 51.3 Å². The molecule has 0 aliphatic carbocycles. The average molecular weight is 667 g/mol. The van der Waals surface area contributed by atoms with Crippen molar-refractivity contribution in [3.8, 4) is 0 Å². The molecule has 2 fully saturated rings. The molecule has 2 heterocycles. The van der Waals surface area contributed by atoms with E-state index in [1.165, 1.54) is 7.11 Å². The fourth-order valence-corrected chi connectivity index (χ4v) is 6.67. The molecule has 13 atom stereocenters. The lowest BCUT2D eigenvalue weighted by Crippen LogP contribution is -2.61. The number of carbonyl (C=O) groups excluding carboxylic acids is 2. The molecule has 2 amide bonds. The van der Waals surface area contributed by atoms with Gasteiger partial charge in [0.15, 0.2) is 12.4 Å². The smallest absolute Gasteiger partial charge is 0.335 e. The lowest BCUT2D eigenvalue weighted by atomic mass is 9.87. The van der Waals surface area contributed by atoms with Crippen LogP contribution in [-0.4, -0.2) is 119 Å². The Labute approximate surface area is 277 Å². The van der Waals surface area contributed by atoms with Crippen LogP contribution in [0.5, 0.6) is 0 Å². The largest absolute Gasteiger partial charge is 0.479 e. The number of nitrogens with zero attached hydrogens (tertiary/aromatic N) is 1. The normalized spacial score (nSPS) is 29.3. The van der Waals surface area contributed by atoms with Gasteiger partial charge in [-0.05, 0) is 37.2 Å². The van der Waals surface area contributed by atoms with Gasteiger partial charge < -0.3 is 49.6 Å². The van der Waals surface area contributed by atoms with Gasteiger partial charge >= 0.3 is 5.97 Å². The number of aliphatic hydroxyl groups excluding tert-OH is 3. The van der Waals surface area contributed by atoms with Crippen molar-refractivity contribution < 1.29 is 53.8 Å². The summed E-state index contributed by atoms with van der Waals surface area (Å²) in [5, 5.41) is 43.4. The first-order valence-electron chi connectivity index (χ1n) is 16.5. The number of hydrogen-bond donors (Lipinski definition) is 5. The third-order valence-electron chi connectivity index (χ3n) is 10.0. The van der Waals surface area contributed by atoms with Crippen molar-refractivity contribution in [1.82, 2.24) is 10.2 Å². The molecule has 13 nitrogen and oxygen atoms in total. The minimum atomic E-state index is -1.87. The molecule has 0 radical (unpaired) electrons. The molecule has 2 aliphatic rings. The maximum atomic E-state index is 13.7. The number of carboxylic acids is 1. The summed E-state index contributed by atoms with van der Waals surface area (Å²) in [5.74, 6) is -2.02. The second-order valence-electron chi connectivity index (χ2n) is 13.0. The highest BCUT2D eigenvalue weighted by Crippen LogP contribution is 2.32. The van der Waals surface area contributed by atoms with E-state index in [2.05, 4.69) is 26.1 Å². The van der Waals surface area contributed by atoms with Crippen molar-refractivity contribution in [2.24, 2.45) is 17.8 Å². The van der Waals surface area contributed by atoms with Crippen LogP contribution in [0.2, 0.25) is 0 Å². The van der Waals surface area contributed by atoms with Crippen molar-refractivity contribution in [3.05, 3.63) is 35.9 Å². The Kier molecular flexibility index (Phi) is 14.6. The molecule has 2 saturated heterocycles. The van der Waals surface area contributed by atoms with Gasteiger partial charge in [-0.2, -0.15) is 0 Å². The molecular weight excluding hydrogens is 612 g/mol. The van der Waals surface area contributed by atoms with Gasteiger partial charge in [0.1, 0.15) is 24.4 Å². The summed E-state index contributed by atoms with van der Waals surface area (Å²) in [4.78, 5) is 40.8. The molecule has 0 saturated carbocycles. The number of benzene rings is 1. The Morgan fingerprint density at radius 3 is 2.23 bits per heavy atom. The predicted molar refractivity (Wildman–Crippen MR) is 171 cm³/mol. The van der Waals surface area contributed by atoms with E-state index in [0.717, 1.165) is 12.8 Å². The standard InChI is InChI=1S/C34H54N2O11/c1-8-18(2)19(3)24(44-6)17-25(37)36-16-12-15-23(36)29(45-7)20(4)32(41)35-21(5)30(22-13-10-9-11-14-22)46-34-28(40)26(38)27(39)31(47-34)33(42)43/h9-11,13-14,18-21,23-24,26-31,34,38-40H,8,12,15-17H2,1-7H3,(H,35,41)(H,42,43)/t18-,19-,20+,21+,23-,24+,26-,27-,28+,29+,30+,31-,34+/m0/s1. The second-order valence-corrected chi connectivity index (χ2v) is 13.0. The lowest BCUT2D eigenvalue weighted by Gasteiger charge is -2.41. The fraction of sp³-hybridized carbons (Fsp3) is 0.735. The quantitative estimate of drug-likeness (QED) is 0.174. The summed E-state index contributed by atoms with van der Waals surface area (Å²) in [6.07, 6.45) is -8.02. The molecule has 0 bridgehead atoms. The fourth-order valence-electron chi connectivity index (χ4n) is 6.67. The van der Waals surface area contributed by atoms with Crippen molar-refractivity contribution in [1.29, 1.82) is 0 Å². The number of methoxy groups -OCH3 is 2. The monoisotopic (exact) mass is 666 g/mol. The highest BCUT2D eigenvalue weighted by molar-refractivity contribution is 5.80. The Hall–Kier alpha value is -2.65. The predicted octanol–water partition coefficient (Wildman–Crippen LogP) is 1.87. The van der Waals surface area contributed by atoms with E-state index < -0.39 is 60.8 Å². The van der Waals surface area contributed by atoms with Crippen LogP contribution in [0.15, 0.2) is 30.3 Å². The summed E-state index contributed by atoms with van der Waals surface area (Å²) < 4.78 is 23.0. The van der Waals surface area contributed by atoms with Crippen LogP contribution in [-0.2, 0) is 33.3 Å². The first kappa shape index (κ1) is 38.8. The first-order valence-corrected chi connectivity index (χ1v) is 16.5. The van der Waals surface area contributed by atoms with E-state index >= 15 is 0 Å². The van der Waals surface area contributed by atoms with Gasteiger partial charge in [-0.15, -0.1) is 0 Å². The molecule has 0 unspecified atom stereocenters. The van der Waals surface area contributed by atoms with E-state index in [9.17, 15) is 34.8 Å². The summed E-state index contributed by atoms with van der Waals surface area (Å²) in [5.41, 5.74) is 0.589. The SMILES string of the molecule is CC[C@H](C)[C@H](C)[C@@H](CC(=O)N1CCC[C@H]1[C@H](OC)[C@@H](C)C(=O)N[C@H](C)[C@@H](O[C@@H]1O[C@H](C(=O)O)[C@@H](O)[C@H](O)[C@H]1O)c1ccccc1)OC. The van der Waals surface area contributed by atoms with Gasteiger partial charge in [0, 0.05) is 20.8 Å². The molecule has 5 N–H and O–H groups in total. The third kappa shape index (κ3) is 9.28. The van der Waals surface area contributed by atoms with E-state index in [-0.39, 0.29) is 36.3 Å². The summed E-state index contributed by atoms with van der Waals surface area (Å²) in [6.45, 7) is 10.4. The van der Waals surface area contributed by atoms with E-state index in [1.807, 2.05) is 4.90 Å². The highest BCUT2D eigenvalue weighted by Gasteiger charge is 2.49. The molecule has 1 aromatic rings. The van der Waals surface area contributed by atoms with Gasteiger partial charge in [0.05, 0.1) is 36.6 Å². The number of aliphatic hydroxyl groups is 3. The van der Waals surface area contributed by atoms with Gasteiger partial charge in [-0.25, -0.2) is 4.79 Å². The Morgan fingerprint density at radius 2 is 1.66 bits per heavy atom. The summed E-state index contributed by atoms with van der Waals surface area (Å²) in [6, 6.07) is 7.72. The number of amides is 2. The Morgan fingerprint density at radius 1 is 1.00 bits per heavy atom. The molecule has 3 rings (SSSR count). The van der Waals surface area contributed by atoms with Crippen LogP contribution in [0.25, 0.3) is 0 Å². The Balaban J connectivity index is 1.75. The average Bonchev–Trinajstić information content (AvgIpc) is 3.55. The minimum absolute atomic E-state index is 0.0342. The van der Waals surface area contributed by atoms with Crippen molar-refractivity contribution in [2.45, 2.75) is 121 Å². The number of rotatable bonds is 16. The number of ether oxygens (including phenoxy) is 4. The molecule has 266 valence electrons. The van der Waals surface area contributed by atoms with Gasteiger partial charge in [-0.1, -0.05) is 64.4 Å². The first-order chi connectivity index (χ1) is 22.3. The Bertz CT molecular complexity index is 1160. The molecule has 2 aliphatic heterocycles. The third-order valence-corrected chi connectivity index (χ3v) is 10.0. The molecule has 1 aromatic carbocycles. The lowest BCUT2D eigenvalue weighted by molar-refractivity contribution is -0.307. The number of carbonyl (C=O) groups is 3. The van der Waals surface area contributed by atoms with Gasteiger partial charge in [-0.3, -0.25) is 9.59 Å². The van der Waals surface area contributed by atoms with Crippen molar-refractivity contribution in [3.63, 3.8) is 0 Å². The summed E-state index contributed by atoms with van der Waals surface area (Å²) in [7, 11) is 3.16. The zero-order chi connectivity index (χ0) is 35.0. The van der Waals surface area contributed by atoms with Crippen LogP contribution in [0.4, 0.5) is 0 Å². The highest BCUT2D eigenvalue weighted by atomic mass is 16.7. The van der Waals surface area contributed by atoms with Crippen LogP contribution in [0.3, 0.4) is 0 Å². The molecule has 13 heteroatoms. The molecule has 0 spiro atoms. The van der Waals surface area contributed by atoms with Crippen LogP contribution < -0.4 is 5.32 Å². The van der Waals surface area contributed by atoms with Crippen LogP contribution >= 0.6 is 0 Å². The van der Waals surface area contributed by atoms with Crippen LogP contribution in [0, 0.1) is 17.8 Å². The van der Waals surface area contributed by atoms with E-state index in [4.69, 9.17) is 18.9 Å². The molecule has 0 aromatic heterocycles. The van der Waals surface area contributed by atoms with Crippen molar-refractivity contribution in [2.75, 3.05) is 20.8 Å². The molecule has 47 heavy (non-hydrogen) atoms. The zero-order valence-corrected chi connectivity index (χ0v) is 28.5. The topological polar surface area (TPSA) is 184 Å². The second kappa shape index (κ2) is 17.7. The number of likely N-dealkylation sites (tertiary alicyclic amines) is 1. The van der Waals surface area contributed by atoms with E-state index in [0.29, 0.717) is 24.4 Å². The maximum absolute atomic E-state index is 13.7. The van der Waals surface area contributed by atoms with Gasteiger partial charge in [0.25, 0.3) is 0 Å². The summed E-state index contributed by atoms with van der Waals surface area (Å²) >= 11 is 0. The van der Waals surface area contributed by atoms with Crippen molar-refractivity contribution >= 4 is 17.8 Å². The maximum Gasteiger partial charge on any atom is 0.335 e. The van der Waals surface area contributed by atoms with Gasteiger partial charge in [0.2, 0.25) is 11.8 Å².